The van der Waals surface area contributed by atoms with E-state index in [4.69, 9.17) is 0 Å². The van der Waals surface area contributed by atoms with Crippen molar-refractivity contribution < 1.29 is 18.0 Å². The van der Waals surface area contributed by atoms with Crippen LogP contribution in [-0.2, 0) is 6.42 Å². The predicted octanol–water partition coefficient (Wildman–Crippen LogP) is 4.46. The molecule has 1 fully saturated rings. The highest BCUT2D eigenvalue weighted by molar-refractivity contribution is 5.95. The minimum absolute atomic E-state index is 0.0199. The van der Waals surface area contributed by atoms with Crippen molar-refractivity contribution in [2.24, 2.45) is 0 Å². The number of amides is 1. The summed E-state index contributed by atoms with van der Waals surface area (Å²) in [4.78, 5) is 14.3. The quantitative estimate of drug-likeness (QED) is 0.788. The Labute approximate surface area is 150 Å². The number of H-pyrrole nitrogens is 1. The molecule has 1 heterocycles. The lowest BCUT2D eigenvalue weighted by atomic mass is 9.95. The number of nitrogens with zero attached hydrogens (tertiary/aromatic N) is 2. The Balaban J connectivity index is 1.81. The van der Waals surface area contributed by atoms with Crippen LogP contribution in [0.4, 0.5) is 13.2 Å². The van der Waals surface area contributed by atoms with E-state index in [1.165, 1.54) is 10.5 Å². The van der Waals surface area contributed by atoms with Gasteiger partial charge in [-0.1, -0.05) is 38.1 Å². The summed E-state index contributed by atoms with van der Waals surface area (Å²) in [6.45, 7) is 4.55. The Hall–Kier alpha value is -2.31. The minimum Gasteiger partial charge on any atom is -0.335 e. The number of rotatable bonds is 7. The Morgan fingerprint density at radius 2 is 2.00 bits per heavy atom. The number of aromatic nitrogens is 2. The molecule has 1 amide bonds. The van der Waals surface area contributed by atoms with E-state index in [2.05, 4.69) is 18.9 Å². The maximum Gasteiger partial charge on any atom is 0.283 e. The second-order valence-corrected chi connectivity index (χ2v) is 6.93. The molecule has 1 saturated carbocycles. The van der Waals surface area contributed by atoms with E-state index >= 15 is 0 Å². The molecule has 2 aromatic rings. The van der Waals surface area contributed by atoms with E-state index in [0.29, 0.717) is 18.9 Å². The van der Waals surface area contributed by atoms with Crippen molar-refractivity contribution in [1.29, 1.82) is 0 Å². The van der Waals surface area contributed by atoms with Crippen LogP contribution in [0.2, 0.25) is 0 Å². The highest BCUT2D eigenvalue weighted by Crippen LogP contribution is 2.31. The Morgan fingerprint density at radius 3 is 2.62 bits per heavy atom. The molecule has 1 aromatic carbocycles. The van der Waals surface area contributed by atoms with Gasteiger partial charge in [0.25, 0.3) is 12.3 Å². The third-order valence-corrected chi connectivity index (χ3v) is 4.72. The maximum absolute atomic E-state index is 13.9. The van der Waals surface area contributed by atoms with Crippen molar-refractivity contribution >= 4 is 5.91 Å². The molecular weight excluding hydrogens is 343 g/mol. The summed E-state index contributed by atoms with van der Waals surface area (Å²) in [6.07, 6.45) is -0.792. The molecule has 0 saturated heterocycles. The molecule has 0 bridgehead atoms. The number of aromatic amines is 1. The van der Waals surface area contributed by atoms with Gasteiger partial charge in [-0.2, -0.15) is 9.49 Å². The van der Waals surface area contributed by atoms with E-state index in [1.54, 1.807) is 0 Å². The summed E-state index contributed by atoms with van der Waals surface area (Å²) in [5.41, 5.74) is 0.853. The van der Waals surface area contributed by atoms with E-state index in [9.17, 15) is 18.0 Å². The lowest BCUT2D eigenvalue weighted by molar-refractivity contribution is 0.0727. The number of benzene rings is 1. The van der Waals surface area contributed by atoms with Crippen LogP contribution in [0, 0.1) is 5.95 Å². The molecule has 1 N–H and O–H groups in total. The van der Waals surface area contributed by atoms with Crippen molar-refractivity contribution in [3.05, 3.63) is 52.6 Å². The first-order chi connectivity index (χ1) is 12.4. The summed E-state index contributed by atoms with van der Waals surface area (Å²) < 4.78 is 40.0. The fourth-order valence-corrected chi connectivity index (χ4v) is 3.24. The molecule has 4 nitrogen and oxygen atoms in total. The zero-order valence-corrected chi connectivity index (χ0v) is 14.8. The zero-order valence-electron chi connectivity index (χ0n) is 14.8. The van der Waals surface area contributed by atoms with E-state index in [0.717, 1.165) is 18.4 Å². The molecule has 1 aliphatic carbocycles. The molecule has 0 radical (unpaired) electrons. The largest absolute Gasteiger partial charge is 0.335 e. The van der Waals surface area contributed by atoms with E-state index in [-0.39, 0.29) is 6.04 Å². The highest BCUT2D eigenvalue weighted by Gasteiger charge is 2.37. The third-order valence-electron chi connectivity index (χ3n) is 4.72. The van der Waals surface area contributed by atoms with Gasteiger partial charge in [0.1, 0.15) is 11.3 Å². The molecular formula is C19H22F3N3O. The fourth-order valence-electron chi connectivity index (χ4n) is 3.24. The number of carbonyl (C=O) groups excluding carboxylic acids is 1. The second kappa shape index (κ2) is 7.51. The SMILES string of the molecule is CC(C)c1ccccc1CCN(C(=O)c1c(C(F)F)n[nH]c1F)C1CC1. The number of alkyl halides is 2. The van der Waals surface area contributed by atoms with Gasteiger partial charge in [-0.15, -0.1) is 0 Å². The monoisotopic (exact) mass is 365 g/mol. The van der Waals surface area contributed by atoms with Gasteiger partial charge in [0.05, 0.1) is 0 Å². The van der Waals surface area contributed by atoms with Crippen molar-refractivity contribution in [2.45, 2.75) is 51.5 Å². The predicted molar refractivity (Wildman–Crippen MR) is 91.8 cm³/mol. The van der Waals surface area contributed by atoms with Gasteiger partial charge in [-0.3, -0.25) is 9.89 Å². The fraction of sp³-hybridized carbons (Fsp3) is 0.474. The molecule has 0 spiro atoms. The van der Waals surface area contributed by atoms with Crippen molar-refractivity contribution in [2.75, 3.05) is 6.54 Å². The number of hydrogen-bond donors (Lipinski definition) is 1. The normalized spacial score (nSPS) is 14.3. The van der Waals surface area contributed by atoms with Gasteiger partial charge < -0.3 is 4.90 Å². The van der Waals surface area contributed by atoms with Crippen LogP contribution in [0.15, 0.2) is 24.3 Å². The van der Waals surface area contributed by atoms with E-state index in [1.807, 2.05) is 29.4 Å². The van der Waals surface area contributed by atoms with Crippen LogP contribution in [0.5, 0.6) is 0 Å². The molecule has 140 valence electrons. The summed E-state index contributed by atoms with van der Waals surface area (Å²) in [5.74, 6) is -1.47. The third kappa shape index (κ3) is 3.76. The van der Waals surface area contributed by atoms with Crippen molar-refractivity contribution in [1.82, 2.24) is 15.1 Å². The first-order valence-electron chi connectivity index (χ1n) is 8.80. The molecule has 0 unspecified atom stereocenters. The van der Waals surface area contributed by atoms with Gasteiger partial charge in [-0.05, 0) is 36.3 Å². The van der Waals surface area contributed by atoms with Crippen LogP contribution >= 0.6 is 0 Å². The Kier molecular flexibility index (Phi) is 5.34. The van der Waals surface area contributed by atoms with E-state index < -0.39 is 29.5 Å². The smallest absolute Gasteiger partial charge is 0.283 e. The topological polar surface area (TPSA) is 49.0 Å². The van der Waals surface area contributed by atoms with Crippen LogP contribution < -0.4 is 0 Å². The first kappa shape index (κ1) is 18.5. The molecule has 3 rings (SSSR count). The lowest BCUT2D eigenvalue weighted by Crippen LogP contribution is -2.36. The maximum atomic E-state index is 13.9. The summed E-state index contributed by atoms with van der Waals surface area (Å²) in [5, 5.41) is 5.12. The number of hydrogen-bond acceptors (Lipinski definition) is 2. The average Bonchev–Trinajstić information content (AvgIpc) is 3.36. The van der Waals surface area contributed by atoms with Gasteiger partial charge in [0.15, 0.2) is 0 Å². The number of nitrogens with one attached hydrogen (secondary N) is 1. The van der Waals surface area contributed by atoms with Crippen molar-refractivity contribution in [3.8, 4) is 0 Å². The second-order valence-electron chi connectivity index (χ2n) is 6.93. The summed E-state index contributed by atoms with van der Waals surface area (Å²) >= 11 is 0. The number of halogens is 3. The molecule has 1 aromatic heterocycles. The van der Waals surface area contributed by atoms with Crippen molar-refractivity contribution in [3.63, 3.8) is 0 Å². The van der Waals surface area contributed by atoms with Gasteiger partial charge >= 0.3 is 0 Å². The van der Waals surface area contributed by atoms with Gasteiger partial charge in [-0.25, -0.2) is 8.78 Å². The summed E-state index contributed by atoms with van der Waals surface area (Å²) in [6, 6.07) is 7.95. The minimum atomic E-state index is -3.00. The molecule has 1 aliphatic rings. The molecule has 26 heavy (non-hydrogen) atoms. The molecule has 7 heteroatoms. The highest BCUT2D eigenvalue weighted by atomic mass is 19.3. The van der Waals surface area contributed by atoms with Crippen LogP contribution in [-0.4, -0.2) is 33.6 Å². The van der Waals surface area contributed by atoms with Gasteiger partial charge in [0, 0.05) is 12.6 Å². The van der Waals surface area contributed by atoms with Crippen LogP contribution in [0.25, 0.3) is 0 Å². The average molecular weight is 365 g/mol. The summed E-state index contributed by atoms with van der Waals surface area (Å²) in [7, 11) is 0. The van der Waals surface area contributed by atoms with Gasteiger partial charge in [0.2, 0.25) is 5.95 Å². The van der Waals surface area contributed by atoms with Crippen LogP contribution in [0.3, 0.4) is 0 Å². The lowest BCUT2D eigenvalue weighted by Gasteiger charge is -2.23. The Morgan fingerprint density at radius 1 is 1.31 bits per heavy atom. The Bertz CT molecular complexity index is 784. The molecule has 0 aliphatic heterocycles. The zero-order chi connectivity index (χ0) is 18.8. The number of carbonyl (C=O) groups is 1. The standard InChI is InChI=1S/C19H22F3N3O/c1-11(2)14-6-4-3-5-12(14)9-10-25(13-7-8-13)19(26)15-16(17(20)21)23-24-18(15)22/h3-6,11,13,17H,7-10H2,1-2H3,(H,23,24). The van der Waals surface area contributed by atoms with Crippen LogP contribution in [0.1, 0.15) is 66.2 Å². The first-order valence-corrected chi connectivity index (χ1v) is 8.80. The molecule has 0 atom stereocenters.